The number of allylic oxidation sites excluding steroid dienone is 3. The van der Waals surface area contributed by atoms with Crippen LogP contribution >= 0.6 is 0 Å². The van der Waals surface area contributed by atoms with E-state index < -0.39 is 58.5 Å². The average molecular weight is 854 g/mol. The van der Waals surface area contributed by atoms with Crippen LogP contribution in [0, 0.1) is 24.7 Å². The van der Waals surface area contributed by atoms with E-state index in [1.165, 1.54) is 46.3 Å². The van der Waals surface area contributed by atoms with Crippen LogP contribution in [0.25, 0.3) is 38.7 Å². The number of anilines is 1. The SMILES string of the molecule is CO[C@H]1/C=C/O[C@@]2(C)Oc3c(C)c4c5c(=O)c(c6oc7cc(OCCNC(C)=O)cc(=O)c7nc6c5c3=C2O)NC(=O)/C(C)=C\C=C\C(C)C[C@@H](C)CC(O4)C(OC(C)=O)[C@@H]1C. The van der Waals surface area contributed by atoms with E-state index in [0.717, 1.165) is 0 Å². The second-order valence-corrected chi connectivity index (χ2v) is 16.5. The van der Waals surface area contributed by atoms with Crippen molar-refractivity contribution in [3.05, 3.63) is 79.5 Å². The second kappa shape index (κ2) is 17.2. The summed E-state index contributed by atoms with van der Waals surface area (Å²) >= 11 is 0. The molecular formula is C46H51N3O13. The molecule has 3 N–H and O–H groups in total. The zero-order valence-electron chi connectivity index (χ0n) is 36.1. The highest BCUT2D eigenvalue weighted by Gasteiger charge is 2.45. The van der Waals surface area contributed by atoms with E-state index in [0.29, 0.717) is 12.8 Å². The first-order chi connectivity index (χ1) is 29.4. The van der Waals surface area contributed by atoms with Gasteiger partial charge >= 0.3 is 11.8 Å². The third kappa shape index (κ3) is 8.18. The van der Waals surface area contributed by atoms with E-state index in [9.17, 15) is 24.3 Å². The van der Waals surface area contributed by atoms with Gasteiger partial charge in [-0.2, -0.15) is 0 Å². The Morgan fingerprint density at radius 3 is 2.50 bits per heavy atom. The van der Waals surface area contributed by atoms with E-state index in [1.54, 1.807) is 32.1 Å². The Morgan fingerprint density at radius 2 is 1.79 bits per heavy atom. The summed E-state index contributed by atoms with van der Waals surface area (Å²) in [5, 5.41) is 17.5. The number of carbonyl (C=O) groups is 3. The first kappa shape index (κ1) is 43.7. The zero-order valence-corrected chi connectivity index (χ0v) is 36.1. The van der Waals surface area contributed by atoms with Crippen molar-refractivity contribution in [1.29, 1.82) is 0 Å². The molecule has 0 radical (unpaired) electrons. The number of hydrogen-bond donors (Lipinski definition) is 3. The molecule has 3 aromatic carbocycles. The number of ether oxygens (including phenoxy) is 6. The molecule has 3 aliphatic rings. The van der Waals surface area contributed by atoms with Crippen molar-refractivity contribution in [1.82, 2.24) is 10.3 Å². The number of benzene rings is 3. The normalized spacial score (nSPS) is 27.0. The van der Waals surface area contributed by atoms with Gasteiger partial charge in [-0.3, -0.25) is 24.0 Å². The highest BCUT2D eigenvalue weighted by Crippen LogP contribution is 2.44. The minimum Gasteiger partial charge on any atom is -0.505 e. The lowest BCUT2D eigenvalue weighted by molar-refractivity contribution is -0.159. The highest BCUT2D eigenvalue weighted by molar-refractivity contribution is 6.17. The van der Waals surface area contributed by atoms with Crippen LogP contribution in [-0.2, 0) is 28.6 Å². The standard InChI is InChI=1S/C46H51N3O13/c1-21-11-10-12-23(3)45(55)49-38-39(53)34-33(37-43(38)60-31-20-28(19-29(52)36(31)48-37)57-16-14-47-26(6)50)35-42-25(5)41(34)61-32(18-22(2)17-21)40(59-27(7)51)24(4)30(56-9)13-15-58-46(8,62-42)44(35)54/h10-13,15,19-22,24,30,32,40,54H,14,16-18H2,1-9H3,(H,47,50)(H,49,55)/b11-10+,15-13+,23-12-/t21?,22-,24-,30+,32?,40?,46+/m1/s1. The maximum Gasteiger partial charge on any atom is 0.307 e. The van der Waals surface area contributed by atoms with E-state index in [1.807, 2.05) is 13.0 Å². The number of methoxy groups -OCH3 is 1. The summed E-state index contributed by atoms with van der Waals surface area (Å²) in [6.07, 6.45) is 6.85. The topological polar surface area (TPSA) is 211 Å². The van der Waals surface area contributed by atoms with Gasteiger partial charge in [-0.05, 0) is 44.6 Å². The number of aliphatic hydroxyl groups is 1. The molecule has 3 aliphatic heterocycles. The molecule has 6 bridgehead atoms. The summed E-state index contributed by atoms with van der Waals surface area (Å²) in [7, 11) is 1.51. The highest BCUT2D eigenvalue weighted by atomic mass is 16.7. The van der Waals surface area contributed by atoms with Crippen molar-refractivity contribution in [3.63, 3.8) is 0 Å². The zero-order chi connectivity index (χ0) is 44.8. The number of nitrogens with one attached hydrogen (secondary N) is 2. The molecule has 328 valence electrons. The third-order valence-electron chi connectivity index (χ3n) is 11.5. The Bertz CT molecular complexity index is 2770. The van der Waals surface area contributed by atoms with Gasteiger partial charge < -0.3 is 48.6 Å². The monoisotopic (exact) mass is 853 g/mol. The molecule has 62 heavy (non-hydrogen) atoms. The van der Waals surface area contributed by atoms with Crippen LogP contribution in [0.5, 0.6) is 17.2 Å². The van der Waals surface area contributed by atoms with Crippen molar-refractivity contribution in [2.45, 2.75) is 92.3 Å². The maximum absolute atomic E-state index is 15.4. The fraction of sp³-hybridized carbons (Fsp3) is 0.435. The number of carbonyl (C=O) groups excluding carboxylic acids is 3. The summed E-state index contributed by atoms with van der Waals surface area (Å²) in [5.41, 5.74) is -1.69. The Kier molecular flexibility index (Phi) is 12.1. The van der Waals surface area contributed by atoms with Gasteiger partial charge in [-0.1, -0.05) is 39.0 Å². The number of amides is 2. The molecule has 0 fully saturated rings. The number of hydrogen-bond acceptors (Lipinski definition) is 14. The van der Waals surface area contributed by atoms with Gasteiger partial charge in [0.25, 0.3) is 5.91 Å². The predicted molar refractivity (Wildman–Crippen MR) is 230 cm³/mol. The first-order valence-corrected chi connectivity index (χ1v) is 20.5. The molecule has 0 saturated carbocycles. The lowest BCUT2D eigenvalue weighted by Gasteiger charge is -2.36. The Balaban J connectivity index is 1.63. The molecule has 2 amide bonds. The Labute approximate surface area is 356 Å². The molecule has 0 aliphatic carbocycles. The summed E-state index contributed by atoms with van der Waals surface area (Å²) in [6, 6.07) is 2.63. The molecular weight excluding hydrogens is 803 g/mol. The maximum atomic E-state index is 15.4. The lowest BCUT2D eigenvalue weighted by atomic mass is 9.86. The Morgan fingerprint density at radius 1 is 1.03 bits per heavy atom. The predicted octanol–water partition coefficient (Wildman–Crippen LogP) is 5.55. The first-order valence-electron chi connectivity index (χ1n) is 20.5. The van der Waals surface area contributed by atoms with Crippen molar-refractivity contribution < 1.29 is 52.3 Å². The summed E-state index contributed by atoms with van der Waals surface area (Å²) in [5.74, 6) is -4.08. The van der Waals surface area contributed by atoms with Gasteiger partial charge in [-0.15, -0.1) is 0 Å². The van der Waals surface area contributed by atoms with Crippen LogP contribution < -0.4 is 40.9 Å². The summed E-state index contributed by atoms with van der Waals surface area (Å²) in [6.45, 7) is 13.6. The van der Waals surface area contributed by atoms with Crippen molar-refractivity contribution in [3.8, 4) is 17.2 Å². The second-order valence-electron chi connectivity index (χ2n) is 16.5. The summed E-state index contributed by atoms with van der Waals surface area (Å²) < 4.78 is 43.8. The average Bonchev–Trinajstić information content (AvgIpc) is 3.47. The van der Waals surface area contributed by atoms with E-state index >= 15 is 4.79 Å². The van der Waals surface area contributed by atoms with Gasteiger partial charge in [0.05, 0.1) is 29.5 Å². The van der Waals surface area contributed by atoms with Crippen LogP contribution in [0.3, 0.4) is 0 Å². The summed E-state index contributed by atoms with van der Waals surface area (Å²) in [4.78, 5) is 72.3. The van der Waals surface area contributed by atoms with Gasteiger partial charge in [0.15, 0.2) is 22.4 Å². The number of nitrogens with zero attached hydrogens (tertiary/aromatic N) is 1. The molecule has 16 heteroatoms. The van der Waals surface area contributed by atoms with Gasteiger partial charge in [0.2, 0.25) is 16.8 Å². The molecule has 7 atom stereocenters. The third-order valence-corrected chi connectivity index (χ3v) is 11.5. The number of aliphatic hydroxyl groups excluding tert-OH is 1. The number of esters is 1. The van der Waals surface area contributed by atoms with Gasteiger partial charge in [0, 0.05) is 62.5 Å². The Hall–Kier alpha value is -6.42. The van der Waals surface area contributed by atoms with Crippen LogP contribution in [0.1, 0.15) is 66.9 Å². The van der Waals surface area contributed by atoms with E-state index in [4.69, 9.17) is 37.8 Å². The minimum atomic E-state index is -1.86. The minimum absolute atomic E-state index is 0.000360. The van der Waals surface area contributed by atoms with E-state index in [2.05, 4.69) is 24.5 Å². The van der Waals surface area contributed by atoms with E-state index in [-0.39, 0.29) is 103 Å². The number of fused-ring (bicyclic) bond motifs is 8. The lowest BCUT2D eigenvalue weighted by Crippen LogP contribution is -2.45. The molecule has 7 rings (SSSR count). The molecule has 3 unspecified atom stereocenters. The smallest absolute Gasteiger partial charge is 0.307 e. The molecule has 1 aromatic heterocycles. The van der Waals surface area contributed by atoms with Crippen LogP contribution in [0.15, 0.2) is 62.3 Å². The molecule has 4 heterocycles. The van der Waals surface area contributed by atoms with Crippen LogP contribution in [-0.4, -0.2) is 72.2 Å². The fourth-order valence-electron chi connectivity index (χ4n) is 8.46. The van der Waals surface area contributed by atoms with Crippen LogP contribution in [0.2, 0.25) is 0 Å². The largest absolute Gasteiger partial charge is 0.505 e. The van der Waals surface area contributed by atoms with Gasteiger partial charge in [0.1, 0.15) is 47.3 Å². The van der Waals surface area contributed by atoms with Gasteiger partial charge in [-0.25, -0.2) is 4.98 Å². The van der Waals surface area contributed by atoms with Crippen molar-refractivity contribution >= 4 is 62.2 Å². The molecule has 0 saturated heterocycles. The molecule has 0 spiro atoms. The van der Waals surface area contributed by atoms with Crippen molar-refractivity contribution in [2.24, 2.45) is 17.8 Å². The molecule has 4 aromatic rings. The number of aromatic nitrogens is 1. The van der Waals surface area contributed by atoms with Crippen molar-refractivity contribution in [2.75, 3.05) is 25.6 Å². The van der Waals surface area contributed by atoms with Crippen LogP contribution in [0.4, 0.5) is 5.69 Å². The number of rotatable bonds is 6. The molecule has 16 nitrogen and oxygen atoms in total. The quantitative estimate of drug-likeness (QED) is 0.0940. The fourth-order valence-corrected chi connectivity index (χ4v) is 8.46.